The maximum Gasteiger partial charge on any atom is 0.261 e. The molecule has 0 radical (unpaired) electrons. The molecular formula is C21H27NO3. The normalized spacial score (nSPS) is 11.7. The molecule has 0 bridgehead atoms. The quantitative estimate of drug-likeness (QED) is 0.739. The molecule has 2 aromatic carbocycles. The second-order valence-corrected chi connectivity index (χ2v) is 6.19. The van der Waals surface area contributed by atoms with Crippen molar-refractivity contribution in [3.63, 3.8) is 0 Å². The number of carbonyl (C=O) groups is 1. The fourth-order valence-corrected chi connectivity index (χ4v) is 2.48. The van der Waals surface area contributed by atoms with Crippen LogP contribution in [0.15, 0.2) is 42.5 Å². The van der Waals surface area contributed by atoms with Gasteiger partial charge in [0.2, 0.25) is 0 Å². The van der Waals surface area contributed by atoms with Crippen molar-refractivity contribution in [3.8, 4) is 11.5 Å². The number of benzene rings is 2. The van der Waals surface area contributed by atoms with Gasteiger partial charge in [0.1, 0.15) is 18.1 Å². The first-order chi connectivity index (χ1) is 12.0. The van der Waals surface area contributed by atoms with Crippen molar-refractivity contribution >= 4 is 5.91 Å². The zero-order chi connectivity index (χ0) is 18.2. The number of hydrogen-bond donors (Lipinski definition) is 1. The lowest BCUT2D eigenvalue weighted by molar-refractivity contribution is -0.128. The number of para-hydroxylation sites is 1. The SMILES string of the molecule is CC[C@H](Oc1ccccc1C)C(=O)NCCOc1cc(C)ccc1C. The van der Waals surface area contributed by atoms with Crippen LogP contribution in [0.3, 0.4) is 0 Å². The van der Waals surface area contributed by atoms with Crippen LogP contribution in [0.1, 0.15) is 30.0 Å². The Labute approximate surface area is 150 Å². The highest BCUT2D eigenvalue weighted by atomic mass is 16.5. The number of hydrogen-bond acceptors (Lipinski definition) is 3. The van der Waals surface area contributed by atoms with Crippen LogP contribution >= 0.6 is 0 Å². The van der Waals surface area contributed by atoms with Gasteiger partial charge in [-0.1, -0.05) is 37.3 Å². The van der Waals surface area contributed by atoms with E-state index in [0.717, 1.165) is 28.2 Å². The van der Waals surface area contributed by atoms with Crippen LogP contribution in [0.2, 0.25) is 0 Å². The maximum absolute atomic E-state index is 12.3. The summed E-state index contributed by atoms with van der Waals surface area (Å²) >= 11 is 0. The Hall–Kier alpha value is -2.49. The van der Waals surface area contributed by atoms with E-state index in [9.17, 15) is 4.79 Å². The van der Waals surface area contributed by atoms with E-state index in [4.69, 9.17) is 9.47 Å². The van der Waals surface area contributed by atoms with E-state index >= 15 is 0 Å². The van der Waals surface area contributed by atoms with Gasteiger partial charge in [0.25, 0.3) is 5.91 Å². The standard InChI is InChI=1S/C21H27NO3/c1-5-18(25-19-9-7-6-8-16(19)3)21(23)22-12-13-24-20-14-15(2)10-11-17(20)4/h6-11,14,18H,5,12-13H2,1-4H3,(H,22,23)/t18-/m0/s1. The molecule has 0 fully saturated rings. The Morgan fingerprint density at radius 2 is 1.76 bits per heavy atom. The summed E-state index contributed by atoms with van der Waals surface area (Å²) in [5.41, 5.74) is 3.26. The lowest BCUT2D eigenvalue weighted by Gasteiger charge is -2.18. The molecule has 0 spiro atoms. The van der Waals surface area contributed by atoms with Crippen molar-refractivity contribution in [2.45, 2.75) is 40.2 Å². The molecule has 2 aromatic rings. The van der Waals surface area contributed by atoms with Crippen molar-refractivity contribution in [2.75, 3.05) is 13.2 Å². The summed E-state index contributed by atoms with van der Waals surface area (Å²) < 4.78 is 11.6. The zero-order valence-electron chi connectivity index (χ0n) is 15.5. The number of nitrogens with one attached hydrogen (secondary N) is 1. The van der Waals surface area contributed by atoms with E-state index in [1.54, 1.807) is 0 Å². The molecule has 4 nitrogen and oxygen atoms in total. The lowest BCUT2D eigenvalue weighted by Crippen LogP contribution is -2.39. The summed E-state index contributed by atoms with van der Waals surface area (Å²) in [5.74, 6) is 1.49. The molecule has 0 aliphatic carbocycles. The van der Waals surface area contributed by atoms with Gasteiger partial charge >= 0.3 is 0 Å². The van der Waals surface area contributed by atoms with Gasteiger partial charge in [-0.25, -0.2) is 0 Å². The van der Waals surface area contributed by atoms with Crippen LogP contribution in [-0.4, -0.2) is 25.2 Å². The van der Waals surface area contributed by atoms with Crippen LogP contribution in [0.4, 0.5) is 0 Å². The minimum absolute atomic E-state index is 0.115. The third kappa shape index (κ3) is 5.52. The van der Waals surface area contributed by atoms with Gasteiger partial charge in [-0.2, -0.15) is 0 Å². The highest BCUT2D eigenvalue weighted by molar-refractivity contribution is 5.81. The predicted molar refractivity (Wildman–Crippen MR) is 100 cm³/mol. The molecule has 1 atom stereocenters. The second-order valence-electron chi connectivity index (χ2n) is 6.19. The first kappa shape index (κ1) is 18.8. The first-order valence-corrected chi connectivity index (χ1v) is 8.71. The average molecular weight is 341 g/mol. The molecule has 0 saturated heterocycles. The molecule has 0 aliphatic rings. The van der Waals surface area contributed by atoms with Gasteiger partial charge in [-0.3, -0.25) is 4.79 Å². The summed E-state index contributed by atoms with van der Waals surface area (Å²) in [4.78, 5) is 12.3. The van der Waals surface area contributed by atoms with Crippen LogP contribution in [0.5, 0.6) is 11.5 Å². The van der Waals surface area contributed by atoms with Gasteiger partial charge in [-0.05, 0) is 56.0 Å². The number of rotatable bonds is 8. The molecule has 134 valence electrons. The molecule has 2 rings (SSSR count). The molecule has 0 saturated carbocycles. The summed E-state index contributed by atoms with van der Waals surface area (Å²) in [5, 5.41) is 2.89. The summed E-state index contributed by atoms with van der Waals surface area (Å²) in [6.07, 6.45) is 0.111. The number of aryl methyl sites for hydroxylation is 3. The minimum Gasteiger partial charge on any atom is -0.491 e. The van der Waals surface area contributed by atoms with Gasteiger partial charge in [0.15, 0.2) is 6.10 Å². The molecule has 1 amide bonds. The van der Waals surface area contributed by atoms with E-state index in [-0.39, 0.29) is 5.91 Å². The molecule has 0 heterocycles. The first-order valence-electron chi connectivity index (χ1n) is 8.71. The highest BCUT2D eigenvalue weighted by Gasteiger charge is 2.18. The fraction of sp³-hybridized carbons (Fsp3) is 0.381. The van der Waals surface area contributed by atoms with Crippen molar-refractivity contribution in [2.24, 2.45) is 0 Å². The van der Waals surface area contributed by atoms with Gasteiger partial charge in [0, 0.05) is 0 Å². The predicted octanol–water partition coefficient (Wildman–Crippen LogP) is 3.96. The van der Waals surface area contributed by atoms with Crippen molar-refractivity contribution in [1.82, 2.24) is 5.32 Å². The summed E-state index contributed by atoms with van der Waals surface area (Å²) in [6, 6.07) is 13.8. The van der Waals surface area contributed by atoms with Gasteiger partial charge in [0.05, 0.1) is 6.54 Å². The minimum atomic E-state index is -0.498. The summed E-state index contributed by atoms with van der Waals surface area (Å²) in [6.45, 7) is 8.82. The largest absolute Gasteiger partial charge is 0.491 e. The van der Waals surface area contributed by atoms with E-state index in [2.05, 4.69) is 11.4 Å². The van der Waals surface area contributed by atoms with E-state index in [0.29, 0.717) is 19.6 Å². The topological polar surface area (TPSA) is 47.6 Å². The number of ether oxygens (including phenoxy) is 2. The Balaban J connectivity index is 1.82. The molecule has 0 aliphatic heterocycles. The second kappa shape index (κ2) is 9.11. The van der Waals surface area contributed by atoms with Gasteiger partial charge < -0.3 is 14.8 Å². The Bertz CT molecular complexity index is 712. The van der Waals surface area contributed by atoms with Crippen molar-refractivity contribution in [1.29, 1.82) is 0 Å². The molecule has 0 unspecified atom stereocenters. The third-order valence-electron chi connectivity index (χ3n) is 4.03. The number of amides is 1. The third-order valence-corrected chi connectivity index (χ3v) is 4.03. The lowest BCUT2D eigenvalue weighted by atomic mass is 10.1. The van der Waals surface area contributed by atoms with Crippen LogP contribution in [-0.2, 0) is 4.79 Å². The Morgan fingerprint density at radius 3 is 2.48 bits per heavy atom. The molecule has 0 aromatic heterocycles. The monoisotopic (exact) mass is 341 g/mol. The van der Waals surface area contributed by atoms with E-state index in [1.807, 2.05) is 64.1 Å². The number of carbonyl (C=O) groups excluding carboxylic acids is 1. The van der Waals surface area contributed by atoms with E-state index < -0.39 is 6.10 Å². The molecule has 1 N–H and O–H groups in total. The van der Waals surface area contributed by atoms with E-state index in [1.165, 1.54) is 0 Å². The summed E-state index contributed by atoms with van der Waals surface area (Å²) in [7, 11) is 0. The maximum atomic E-state index is 12.3. The average Bonchev–Trinajstić information content (AvgIpc) is 2.60. The van der Waals surface area contributed by atoms with Crippen LogP contribution < -0.4 is 14.8 Å². The van der Waals surface area contributed by atoms with Crippen molar-refractivity contribution in [3.05, 3.63) is 59.2 Å². The Kier molecular flexibility index (Phi) is 6.87. The highest BCUT2D eigenvalue weighted by Crippen LogP contribution is 2.19. The van der Waals surface area contributed by atoms with Crippen LogP contribution in [0.25, 0.3) is 0 Å². The molecule has 4 heteroatoms. The smallest absolute Gasteiger partial charge is 0.261 e. The molecule has 25 heavy (non-hydrogen) atoms. The molecular weight excluding hydrogens is 314 g/mol. The van der Waals surface area contributed by atoms with Crippen LogP contribution in [0, 0.1) is 20.8 Å². The van der Waals surface area contributed by atoms with Gasteiger partial charge in [-0.15, -0.1) is 0 Å². The zero-order valence-corrected chi connectivity index (χ0v) is 15.5. The Morgan fingerprint density at radius 1 is 1.04 bits per heavy atom. The van der Waals surface area contributed by atoms with Crippen molar-refractivity contribution < 1.29 is 14.3 Å². The fourth-order valence-electron chi connectivity index (χ4n) is 2.48.